The fraction of sp³-hybridized carbons (Fsp3) is 0.353. The van der Waals surface area contributed by atoms with Crippen LogP contribution in [-0.2, 0) is 16.4 Å². The molecule has 0 amide bonds. The number of pyridine rings is 1. The third kappa shape index (κ3) is 6.17. The van der Waals surface area contributed by atoms with E-state index in [1.807, 2.05) is 24.3 Å². The molecular weight excluding hydrogens is 400 g/mol. The van der Waals surface area contributed by atoms with Gasteiger partial charge in [-0.3, -0.25) is 4.98 Å². The van der Waals surface area contributed by atoms with Crippen LogP contribution in [0.25, 0.3) is 11.3 Å². The first-order valence-electron chi connectivity index (χ1n) is 7.83. The van der Waals surface area contributed by atoms with Gasteiger partial charge < -0.3 is 5.32 Å². The fourth-order valence-electron chi connectivity index (χ4n) is 3.03. The minimum atomic E-state index is -3.24. The highest BCUT2D eigenvalue weighted by molar-refractivity contribution is 7.88. The average Bonchev–Trinajstić information content (AvgIpc) is 2.92. The summed E-state index contributed by atoms with van der Waals surface area (Å²) in [7, 11) is -3.24. The zero-order valence-electron chi connectivity index (χ0n) is 14.2. The number of benzene rings is 1. The number of rotatable bonds is 5. The topological polar surface area (TPSA) is 71.1 Å². The molecule has 1 saturated heterocycles. The van der Waals surface area contributed by atoms with Crippen LogP contribution in [0, 0.1) is 5.82 Å². The summed E-state index contributed by atoms with van der Waals surface area (Å²) in [6.07, 6.45) is 2.53. The summed E-state index contributed by atoms with van der Waals surface area (Å²) < 4.78 is 39.0. The van der Waals surface area contributed by atoms with Gasteiger partial charge in [0, 0.05) is 29.8 Å². The predicted molar refractivity (Wildman–Crippen MR) is 106 cm³/mol. The number of hydrogen-bond acceptors (Lipinski definition) is 4. The minimum Gasteiger partial charge on any atom is -0.312 e. The first-order valence-corrected chi connectivity index (χ1v) is 9.72. The van der Waals surface area contributed by atoms with Crippen molar-refractivity contribution in [1.29, 1.82) is 0 Å². The molecule has 2 N–H and O–H groups in total. The monoisotopic (exact) mass is 421 g/mol. The van der Waals surface area contributed by atoms with E-state index < -0.39 is 10.0 Å². The minimum absolute atomic E-state index is 0. The Bertz CT molecular complexity index is 836. The van der Waals surface area contributed by atoms with E-state index in [0.717, 1.165) is 24.2 Å². The molecule has 3 rings (SSSR count). The molecule has 0 spiro atoms. The van der Waals surface area contributed by atoms with Crippen LogP contribution in [0.4, 0.5) is 4.39 Å². The lowest BCUT2D eigenvalue weighted by Gasteiger charge is -2.19. The molecule has 0 bridgehead atoms. The molecule has 2 heterocycles. The molecule has 1 aliphatic heterocycles. The van der Waals surface area contributed by atoms with Gasteiger partial charge in [0.2, 0.25) is 10.0 Å². The molecule has 0 saturated carbocycles. The van der Waals surface area contributed by atoms with Crippen molar-refractivity contribution in [2.75, 3.05) is 12.8 Å². The van der Waals surface area contributed by atoms with E-state index in [1.54, 1.807) is 6.07 Å². The highest BCUT2D eigenvalue weighted by Gasteiger charge is 2.29. The standard InChI is InChI=1S/C17H20FN3O2S.2ClH/c1-24(22,23)21-16-8-9-19-17(16)11-14-6-3-7-15(20-14)12-4-2-5-13(18)10-12;;/h2-7,10,16-17,19,21H,8-9,11H2,1H3;2*1H. The number of hydrogen-bond donors (Lipinski definition) is 2. The average molecular weight is 422 g/mol. The van der Waals surface area contributed by atoms with Crippen LogP contribution in [0.5, 0.6) is 0 Å². The first kappa shape index (κ1) is 22.8. The highest BCUT2D eigenvalue weighted by Crippen LogP contribution is 2.20. The first-order chi connectivity index (χ1) is 11.4. The molecule has 26 heavy (non-hydrogen) atoms. The van der Waals surface area contributed by atoms with E-state index in [2.05, 4.69) is 15.0 Å². The molecule has 1 aliphatic rings. The molecule has 144 valence electrons. The summed E-state index contributed by atoms with van der Waals surface area (Å²) in [5.41, 5.74) is 2.27. The largest absolute Gasteiger partial charge is 0.312 e. The van der Waals surface area contributed by atoms with E-state index in [4.69, 9.17) is 0 Å². The van der Waals surface area contributed by atoms with Crippen LogP contribution in [0.15, 0.2) is 42.5 Å². The normalized spacial score (nSPS) is 19.5. The molecule has 0 radical (unpaired) electrons. The second-order valence-electron chi connectivity index (χ2n) is 6.07. The van der Waals surface area contributed by atoms with E-state index >= 15 is 0 Å². The van der Waals surface area contributed by atoms with E-state index in [0.29, 0.717) is 12.1 Å². The smallest absolute Gasteiger partial charge is 0.209 e. The number of sulfonamides is 1. The quantitative estimate of drug-likeness (QED) is 0.777. The Morgan fingerprint density at radius 2 is 1.96 bits per heavy atom. The van der Waals surface area contributed by atoms with Gasteiger partial charge in [0.1, 0.15) is 5.82 Å². The van der Waals surface area contributed by atoms with E-state index in [-0.39, 0.29) is 42.7 Å². The Morgan fingerprint density at radius 1 is 1.23 bits per heavy atom. The van der Waals surface area contributed by atoms with Crippen molar-refractivity contribution >= 4 is 34.8 Å². The highest BCUT2D eigenvalue weighted by atomic mass is 35.5. The van der Waals surface area contributed by atoms with Gasteiger partial charge in [-0.15, -0.1) is 24.8 Å². The molecule has 9 heteroatoms. The van der Waals surface area contributed by atoms with E-state index in [1.165, 1.54) is 18.4 Å². The number of halogens is 3. The molecule has 1 aromatic carbocycles. The number of aromatic nitrogens is 1. The van der Waals surface area contributed by atoms with Crippen molar-refractivity contribution in [1.82, 2.24) is 15.0 Å². The van der Waals surface area contributed by atoms with Gasteiger partial charge in [-0.25, -0.2) is 17.5 Å². The molecule has 5 nitrogen and oxygen atoms in total. The van der Waals surface area contributed by atoms with Gasteiger partial charge >= 0.3 is 0 Å². The Morgan fingerprint density at radius 3 is 2.65 bits per heavy atom. The van der Waals surface area contributed by atoms with Crippen molar-refractivity contribution in [2.24, 2.45) is 0 Å². The van der Waals surface area contributed by atoms with Crippen LogP contribution >= 0.6 is 24.8 Å². The molecule has 2 atom stereocenters. The number of nitrogens with one attached hydrogen (secondary N) is 2. The van der Waals surface area contributed by atoms with Crippen LogP contribution in [0.2, 0.25) is 0 Å². The van der Waals surface area contributed by atoms with Crippen molar-refractivity contribution in [3.05, 3.63) is 54.0 Å². The lowest BCUT2D eigenvalue weighted by atomic mass is 10.0. The summed E-state index contributed by atoms with van der Waals surface area (Å²) >= 11 is 0. The lowest BCUT2D eigenvalue weighted by Crippen LogP contribution is -2.44. The molecule has 1 aromatic heterocycles. The molecule has 2 unspecified atom stereocenters. The number of nitrogens with zero attached hydrogens (tertiary/aromatic N) is 1. The van der Waals surface area contributed by atoms with Crippen molar-refractivity contribution in [3.63, 3.8) is 0 Å². The summed E-state index contributed by atoms with van der Waals surface area (Å²) in [5.74, 6) is -0.297. The molecule has 2 aromatic rings. The predicted octanol–water partition coefficient (Wildman–Crippen LogP) is 2.55. The maximum Gasteiger partial charge on any atom is 0.209 e. The van der Waals surface area contributed by atoms with Gasteiger partial charge in [-0.05, 0) is 37.2 Å². The van der Waals surface area contributed by atoms with Gasteiger partial charge in [0.25, 0.3) is 0 Å². The maximum atomic E-state index is 13.4. The van der Waals surface area contributed by atoms with Crippen LogP contribution < -0.4 is 10.0 Å². The van der Waals surface area contributed by atoms with Gasteiger partial charge in [0.05, 0.1) is 11.9 Å². The Kier molecular flexibility index (Phi) is 8.43. The lowest BCUT2D eigenvalue weighted by molar-refractivity contribution is 0.491. The summed E-state index contributed by atoms with van der Waals surface area (Å²) in [6, 6.07) is 11.8. The Hall–Kier alpha value is -1.25. The van der Waals surface area contributed by atoms with Gasteiger partial charge in [-0.1, -0.05) is 18.2 Å². The summed E-state index contributed by atoms with van der Waals surface area (Å²) in [6.45, 7) is 0.765. The van der Waals surface area contributed by atoms with Crippen LogP contribution in [0.3, 0.4) is 0 Å². The van der Waals surface area contributed by atoms with Crippen molar-refractivity contribution < 1.29 is 12.8 Å². The third-order valence-electron chi connectivity index (χ3n) is 4.07. The molecule has 0 aliphatic carbocycles. The fourth-order valence-corrected chi connectivity index (χ4v) is 3.86. The van der Waals surface area contributed by atoms with Crippen molar-refractivity contribution in [2.45, 2.75) is 24.9 Å². The van der Waals surface area contributed by atoms with Crippen LogP contribution in [-0.4, -0.2) is 38.3 Å². The zero-order chi connectivity index (χ0) is 17.2. The van der Waals surface area contributed by atoms with Crippen LogP contribution in [0.1, 0.15) is 12.1 Å². The van der Waals surface area contributed by atoms with Gasteiger partial charge in [0.15, 0.2) is 0 Å². The zero-order valence-corrected chi connectivity index (χ0v) is 16.6. The molecule has 1 fully saturated rings. The second-order valence-corrected chi connectivity index (χ2v) is 7.85. The van der Waals surface area contributed by atoms with Gasteiger partial charge in [-0.2, -0.15) is 0 Å². The Balaban J connectivity index is 0.00000169. The Labute approximate surface area is 165 Å². The molecular formula is C17H22Cl2FN3O2S. The van der Waals surface area contributed by atoms with Crippen molar-refractivity contribution in [3.8, 4) is 11.3 Å². The van der Waals surface area contributed by atoms with E-state index in [9.17, 15) is 12.8 Å². The summed E-state index contributed by atoms with van der Waals surface area (Å²) in [5, 5.41) is 3.32. The third-order valence-corrected chi connectivity index (χ3v) is 4.80. The SMILES string of the molecule is CS(=O)(=O)NC1CCNC1Cc1cccc(-c2cccc(F)c2)n1.Cl.Cl. The summed E-state index contributed by atoms with van der Waals surface area (Å²) in [4.78, 5) is 4.59. The second kappa shape index (κ2) is 9.62. The maximum absolute atomic E-state index is 13.4.